The molecular formula is C19H19NO3S. The van der Waals surface area contributed by atoms with Gasteiger partial charge in [-0.25, -0.2) is 4.98 Å². The Morgan fingerprint density at radius 3 is 2.67 bits per heavy atom. The Hall–Kier alpha value is -2.40. The molecule has 2 aromatic carbocycles. The van der Waals surface area contributed by atoms with E-state index in [1.165, 1.54) is 4.70 Å². The van der Waals surface area contributed by atoms with Crippen molar-refractivity contribution in [3.8, 4) is 5.75 Å². The molecule has 0 saturated carbocycles. The fourth-order valence-corrected chi connectivity index (χ4v) is 3.38. The van der Waals surface area contributed by atoms with E-state index in [0.717, 1.165) is 34.7 Å². The van der Waals surface area contributed by atoms with Crippen LogP contribution in [0, 0.1) is 0 Å². The second-order valence-electron chi connectivity index (χ2n) is 5.44. The van der Waals surface area contributed by atoms with Crippen LogP contribution in [0.5, 0.6) is 5.75 Å². The summed E-state index contributed by atoms with van der Waals surface area (Å²) in [5, 5.41) is 1.07. The number of thiazole rings is 1. The van der Waals surface area contributed by atoms with E-state index in [2.05, 4.69) is 11.1 Å². The second-order valence-corrected chi connectivity index (χ2v) is 6.55. The first kappa shape index (κ1) is 16.5. The van der Waals surface area contributed by atoms with Crippen molar-refractivity contribution in [1.29, 1.82) is 0 Å². The first-order chi connectivity index (χ1) is 11.7. The van der Waals surface area contributed by atoms with E-state index in [1.54, 1.807) is 18.4 Å². The van der Waals surface area contributed by atoms with E-state index in [4.69, 9.17) is 9.47 Å². The Morgan fingerprint density at radius 1 is 1.12 bits per heavy atom. The maximum Gasteiger partial charge on any atom is 0.306 e. The Kier molecular flexibility index (Phi) is 5.43. The number of esters is 1. The summed E-state index contributed by atoms with van der Waals surface area (Å²) in [6, 6.07) is 15.6. The molecule has 3 rings (SSSR count). The third-order valence-corrected chi connectivity index (χ3v) is 4.76. The lowest BCUT2D eigenvalue weighted by Crippen LogP contribution is -2.05. The van der Waals surface area contributed by atoms with E-state index in [0.29, 0.717) is 13.0 Å². The molecule has 124 valence electrons. The molecule has 0 saturated heterocycles. The molecule has 3 aromatic rings. The van der Waals surface area contributed by atoms with Gasteiger partial charge in [0, 0.05) is 6.42 Å². The topological polar surface area (TPSA) is 48.4 Å². The van der Waals surface area contributed by atoms with Crippen molar-refractivity contribution in [3.05, 3.63) is 59.1 Å². The number of carbonyl (C=O) groups is 1. The zero-order valence-electron chi connectivity index (χ0n) is 13.5. The summed E-state index contributed by atoms with van der Waals surface area (Å²) in [7, 11) is 1.63. The van der Waals surface area contributed by atoms with Gasteiger partial charge in [0.15, 0.2) is 0 Å². The van der Waals surface area contributed by atoms with Gasteiger partial charge in [-0.2, -0.15) is 0 Å². The third kappa shape index (κ3) is 4.32. The van der Waals surface area contributed by atoms with Crippen LogP contribution in [-0.4, -0.2) is 18.1 Å². The number of aryl methyl sites for hydroxylation is 1. The van der Waals surface area contributed by atoms with Crippen LogP contribution < -0.4 is 4.74 Å². The van der Waals surface area contributed by atoms with Crippen molar-refractivity contribution in [1.82, 2.24) is 4.98 Å². The van der Waals surface area contributed by atoms with Crippen LogP contribution in [0.2, 0.25) is 0 Å². The van der Waals surface area contributed by atoms with Crippen LogP contribution >= 0.6 is 11.3 Å². The van der Waals surface area contributed by atoms with Crippen molar-refractivity contribution in [3.63, 3.8) is 0 Å². The lowest BCUT2D eigenvalue weighted by atomic mass is 10.2. The summed E-state index contributed by atoms with van der Waals surface area (Å²) >= 11 is 1.69. The van der Waals surface area contributed by atoms with Crippen LogP contribution in [0.25, 0.3) is 10.2 Å². The van der Waals surface area contributed by atoms with Gasteiger partial charge in [-0.15, -0.1) is 11.3 Å². The van der Waals surface area contributed by atoms with Crippen molar-refractivity contribution < 1.29 is 14.3 Å². The van der Waals surface area contributed by atoms with Gasteiger partial charge in [0.2, 0.25) is 0 Å². The largest absolute Gasteiger partial charge is 0.497 e. The van der Waals surface area contributed by atoms with Gasteiger partial charge in [0.05, 0.1) is 22.3 Å². The molecule has 0 bridgehead atoms. The van der Waals surface area contributed by atoms with Gasteiger partial charge in [-0.1, -0.05) is 24.3 Å². The molecule has 24 heavy (non-hydrogen) atoms. The molecule has 4 nitrogen and oxygen atoms in total. The van der Waals surface area contributed by atoms with Gasteiger partial charge in [-0.05, 0) is 42.7 Å². The molecule has 0 amide bonds. The average molecular weight is 341 g/mol. The molecule has 0 atom stereocenters. The van der Waals surface area contributed by atoms with Crippen molar-refractivity contribution in [2.75, 3.05) is 7.11 Å². The molecular weight excluding hydrogens is 322 g/mol. The van der Waals surface area contributed by atoms with E-state index in [-0.39, 0.29) is 5.97 Å². The fraction of sp³-hybridized carbons (Fsp3) is 0.263. The highest BCUT2D eigenvalue weighted by molar-refractivity contribution is 7.18. The highest BCUT2D eigenvalue weighted by atomic mass is 32.1. The van der Waals surface area contributed by atoms with Crippen LogP contribution in [0.4, 0.5) is 0 Å². The maximum atomic E-state index is 11.8. The minimum Gasteiger partial charge on any atom is -0.497 e. The zero-order chi connectivity index (χ0) is 16.8. The molecule has 0 unspecified atom stereocenters. The predicted octanol–water partition coefficient (Wildman–Crippen LogP) is 4.37. The van der Waals surface area contributed by atoms with Crippen LogP contribution in [-0.2, 0) is 22.6 Å². The Balaban J connectivity index is 1.41. The summed E-state index contributed by atoms with van der Waals surface area (Å²) in [4.78, 5) is 16.4. The highest BCUT2D eigenvalue weighted by Gasteiger charge is 2.07. The summed E-state index contributed by atoms with van der Waals surface area (Å²) < 4.78 is 11.6. The number of carbonyl (C=O) groups excluding carboxylic acids is 1. The zero-order valence-corrected chi connectivity index (χ0v) is 14.3. The van der Waals surface area contributed by atoms with Gasteiger partial charge >= 0.3 is 5.97 Å². The maximum absolute atomic E-state index is 11.8. The Labute approximate surface area is 145 Å². The molecule has 0 radical (unpaired) electrons. The van der Waals surface area contributed by atoms with E-state index < -0.39 is 0 Å². The lowest BCUT2D eigenvalue weighted by molar-refractivity contribution is -0.145. The number of benzene rings is 2. The quantitative estimate of drug-likeness (QED) is 0.599. The van der Waals surface area contributed by atoms with Crippen LogP contribution in [0.15, 0.2) is 48.5 Å². The van der Waals surface area contributed by atoms with Crippen LogP contribution in [0.1, 0.15) is 23.4 Å². The smallest absolute Gasteiger partial charge is 0.306 e. The number of rotatable bonds is 7. The standard InChI is InChI=1S/C19H19NO3S/c1-22-15-11-9-14(10-12-15)13-23-19(21)8-4-7-18-20-16-5-2-3-6-17(16)24-18/h2-3,5-6,9-12H,4,7-8,13H2,1H3. The molecule has 0 aliphatic carbocycles. The number of fused-ring (bicyclic) bond motifs is 1. The van der Waals surface area contributed by atoms with Gasteiger partial charge < -0.3 is 9.47 Å². The number of para-hydroxylation sites is 1. The Bertz CT molecular complexity index is 778. The SMILES string of the molecule is COc1ccc(COC(=O)CCCc2nc3ccccc3s2)cc1. The fourth-order valence-electron chi connectivity index (χ4n) is 2.37. The van der Waals surface area contributed by atoms with E-state index in [9.17, 15) is 4.79 Å². The summed E-state index contributed by atoms with van der Waals surface area (Å²) in [5.41, 5.74) is 1.98. The summed E-state index contributed by atoms with van der Waals surface area (Å²) in [6.07, 6.45) is 1.96. The minimum absolute atomic E-state index is 0.174. The second kappa shape index (κ2) is 7.93. The molecule has 0 N–H and O–H groups in total. The number of aromatic nitrogens is 1. The molecule has 5 heteroatoms. The Morgan fingerprint density at radius 2 is 1.92 bits per heavy atom. The van der Waals surface area contributed by atoms with Crippen molar-refractivity contribution >= 4 is 27.5 Å². The summed E-state index contributed by atoms with van der Waals surface area (Å²) in [6.45, 7) is 0.296. The first-order valence-corrected chi connectivity index (χ1v) is 8.69. The van der Waals surface area contributed by atoms with Crippen LogP contribution in [0.3, 0.4) is 0 Å². The minimum atomic E-state index is -0.174. The van der Waals surface area contributed by atoms with E-state index >= 15 is 0 Å². The molecule has 0 spiro atoms. The van der Waals surface area contributed by atoms with Gasteiger partial charge in [0.1, 0.15) is 12.4 Å². The number of hydrogen-bond donors (Lipinski definition) is 0. The first-order valence-electron chi connectivity index (χ1n) is 7.87. The van der Waals surface area contributed by atoms with Crippen molar-refractivity contribution in [2.45, 2.75) is 25.9 Å². The number of ether oxygens (including phenoxy) is 2. The average Bonchev–Trinajstić information content (AvgIpc) is 3.03. The lowest BCUT2D eigenvalue weighted by Gasteiger charge is -2.05. The molecule has 0 fully saturated rings. The number of nitrogens with zero attached hydrogens (tertiary/aromatic N) is 1. The molecule has 1 aromatic heterocycles. The third-order valence-electron chi connectivity index (χ3n) is 3.67. The van der Waals surface area contributed by atoms with Gasteiger partial charge in [-0.3, -0.25) is 4.79 Å². The number of methoxy groups -OCH3 is 1. The van der Waals surface area contributed by atoms with Crippen molar-refractivity contribution in [2.24, 2.45) is 0 Å². The highest BCUT2D eigenvalue weighted by Crippen LogP contribution is 2.22. The predicted molar refractivity (Wildman–Crippen MR) is 95.3 cm³/mol. The normalized spacial score (nSPS) is 10.7. The molecule has 0 aliphatic rings. The summed E-state index contributed by atoms with van der Waals surface area (Å²) in [5.74, 6) is 0.618. The monoisotopic (exact) mass is 341 g/mol. The molecule has 1 heterocycles. The number of hydrogen-bond acceptors (Lipinski definition) is 5. The van der Waals surface area contributed by atoms with E-state index in [1.807, 2.05) is 42.5 Å². The molecule has 0 aliphatic heterocycles. The van der Waals surface area contributed by atoms with Gasteiger partial charge in [0.25, 0.3) is 0 Å².